The van der Waals surface area contributed by atoms with E-state index in [1.165, 1.54) is 0 Å². The van der Waals surface area contributed by atoms with Crippen molar-refractivity contribution in [3.63, 3.8) is 0 Å². The van der Waals surface area contributed by atoms with Gasteiger partial charge in [-0.15, -0.1) is 0 Å². The number of hydrogen-bond donors (Lipinski definition) is 2. The minimum atomic E-state index is -0.283. The van der Waals surface area contributed by atoms with Gasteiger partial charge in [0.05, 0.1) is 0 Å². The van der Waals surface area contributed by atoms with Crippen molar-refractivity contribution in [2.45, 2.75) is 13.0 Å². The number of carbonyl (C=O) groups is 1. The van der Waals surface area contributed by atoms with Gasteiger partial charge in [0.2, 0.25) is 17.5 Å². The predicted octanol–water partition coefficient (Wildman–Crippen LogP) is -0.178. The molecule has 2 heterocycles. The smallest absolute Gasteiger partial charge is 0.247 e. The monoisotopic (exact) mass is 154 g/mol. The first kappa shape index (κ1) is 6.14. The van der Waals surface area contributed by atoms with E-state index < -0.39 is 0 Å². The molecule has 6 nitrogen and oxygen atoms in total. The van der Waals surface area contributed by atoms with Gasteiger partial charge in [-0.3, -0.25) is 4.79 Å². The fraction of sp³-hybridized carbons (Fsp3) is 0.400. The summed E-state index contributed by atoms with van der Waals surface area (Å²) >= 11 is 0. The highest BCUT2D eigenvalue weighted by Gasteiger charge is 2.25. The summed E-state index contributed by atoms with van der Waals surface area (Å²) in [4.78, 5) is 11.0. The molecule has 2 rings (SSSR count). The quantitative estimate of drug-likeness (QED) is 0.542. The Morgan fingerprint density at radius 1 is 1.45 bits per heavy atom. The van der Waals surface area contributed by atoms with E-state index in [1.54, 1.807) is 6.92 Å². The molecule has 6 heteroatoms. The predicted molar refractivity (Wildman–Crippen MR) is 36.0 cm³/mol. The van der Waals surface area contributed by atoms with Gasteiger partial charge in [0.1, 0.15) is 6.04 Å². The molecule has 1 aromatic heterocycles. The summed E-state index contributed by atoms with van der Waals surface area (Å²) < 4.78 is 4.39. The number of aromatic nitrogens is 2. The first-order chi connectivity index (χ1) is 5.27. The van der Waals surface area contributed by atoms with E-state index in [1.807, 2.05) is 0 Å². The number of nitrogens with zero attached hydrogens (tertiary/aromatic N) is 2. The summed E-state index contributed by atoms with van der Waals surface area (Å²) in [5, 5.41) is 12.3. The summed E-state index contributed by atoms with van der Waals surface area (Å²) in [7, 11) is 0. The maximum Gasteiger partial charge on any atom is 0.247 e. The number of fused-ring (bicyclic) bond motifs is 1. The van der Waals surface area contributed by atoms with E-state index in [-0.39, 0.29) is 11.9 Å². The van der Waals surface area contributed by atoms with Crippen molar-refractivity contribution in [1.82, 2.24) is 10.3 Å². The lowest BCUT2D eigenvalue weighted by Crippen LogP contribution is -2.36. The molecular formula is C5H6N4O2. The largest absolute Gasteiger partial charge is 0.353 e. The molecule has 0 spiro atoms. The summed E-state index contributed by atoms with van der Waals surface area (Å²) in [6.45, 7) is 1.73. The van der Waals surface area contributed by atoms with Crippen LogP contribution >= 0.6 is 0 Å². The van der Waals surface area contributed by atoms with E-state index in [0.717, 1.165) is 0 Å². The zero-order chi connectivity index (χ0) is 7.84. The Bertz CT molecular complexity index is 294. The lowest BCUT2D eigenvalue weighted by atomic mass is 10.3. The van der Waals surface area contributed by atoms with Gasteiger partial charge < -0.3 is 10.6 Å². The first-order valence-corrected chi connectivity index (χ1v) is 3.17. The van der Waals surface area contributed by atoms with Crippen LogP contribution < -0.4 is 10.6 Å². The Hall–Kier alpha value is -1.59. The molecule has 0 fully saturated rings. The van der Waals surface area contributed by atoms with Crippen molar-refractivity contribution >= 4 is 17.5 Å². The molecule has 0 bridgehead atoms. The molecule has 58 valence electrons. The maximum atomic E-state index is 11.0. The molecule has 11 heavy (non-hydrogen) atoms. The molecule has 1 aromatic rings. The van der Waals surface area contributed by atoms with E-state index in [0.29, 0.717) is 11.6 Å². The van der Waals surface area contributed by atoms with Gasteiger partial charge in [-0.25, -0.2) is 4.63 Å². The van der Waals surface area contributed by atoms with Crippen LogP contribution in [-0.4, -0.2) is 22.3 Å². The van der Waals surface area contributed by atoms with Crippen molar-refractivity contribution in [3.8, 4) is 0 Å². The third-order valence-electron chi connectivity index (χ3n) is 1.48. The third-order valence-corrected chi connectivity index (χ3v) is 1.48. The topological polar surface area (TPSA) is 80.1 Å². The molecule has 0 saturated heterocycles. The Labute approximate surface area is 61.9 Å². The number of rotatable bonds is 0. The van der Waals surface area contributed by atoms with Crippen LogP contribution in [0.4, 0.5) is 11.6 Å². The summed E-state index contributed by atoms with van der Waals surface area (Å²) in [5.74, 6) is 0.707. The Morgan fingerprint density at radius 3 is 3.00 bits per heavy atom. The molecule has 1 atom stereocenters. The van der Waals surface area contributed by atoms with Crippen molar-refractivity contribution in [3.05, 3.63) is 0 Å². The molecule has 0 radical (unpaired) electrons. The van der Waals surface area contributed by atoms with Gasteiger partial charge >= 0.3 is 0 Å². The average molecular weight is 154 g/mol. The van der Waals surface area contributed by atoms with Crippen molar-refractivity contribution in [1.29, 1.82) is 0 Å². The van der Waals surface area contributed by atoms with Crippen LogP contribution in [0.5, 0.6) is 0 Å². The lowest BCUT2D eigenvalue weighted by Gasteiger charge is -2.17. The maximum absolute atomic E-state index is 11.0. The van der Waals surface area contributed by atoms with E-state index in [2.05, 4.69) is 25.6 Å². The second kappa shape index (κ2) is 1.94. The Kier molecular flexibility index (Phi) is 1.09. The van der Waals surface area contributed by atoms with Gasteiger partial charge in [-0.1, -0.05) is 0 Å². The molecule has 0 saturated carbocycles. The van der Waals surface area contributed by atoms with Crippen molar-refractivity contribution < 1.29 is 9.42 Å². The van der Waals surface area contributed by atoms with Crippen LogP contribution in [0, 0.1) is 0 Å². The fourth-order valence-electron chi connectivity index (χ4n) is 0.861. The van der Waals surface area contributed by atoms with Crippen LogP contribution in [0.25, 0.3) is 0 Å². The van der Waals surface area contributed by atoms with E-state index in [9.17, 15) is 4.79 Å². The van der Waals surface area contributed by atoms with Crippen LogP contribution in [0.3, 0.4) is 0 Å². The Morgan fingerprint density at radius 2 is 2.18 bits per heavy atom. The van der Waals surface area contributed by atoms with Gasteiger partial charge in [0, 0.05) is 0 Å². The summed E-state index contributed by atoms with van der Waals surface area (Å²) in [6, 6.07) is -0.283. The standard InChI is InChI=1S/C5H6N4O2/c1-2-5(10)7-4-3(6-2)8-11-9-4/h2H,1H3,(H,6,8)(H,7,9,10). The molecular weight excluding hydrogens is 148 g/mol. The van der Waals surface area contributed by atoms with Gasteiger partial charge in [0.15, 0.2) is 0 Å². The van der Waals surface area contributed by atoms with Crippen LogP contribution in [0.2, 0.25) is 0 Å². The molecule has 1 unspecified atom stereocenters. The molecule has 1 aliphatic heterocycles. The average Bonchev–Trinajstić information content (AvgIpc) is 2.36. The van der Waals surface area contributed by atoms with Gasteiger partial charge in [-0.2, -0.15) is 0 Å². The van der Waals surface area contributed by atoms with E-state index >= 15 is 0 Å². The van der Waals surface area contributed by atoms with E-state index in [4.69, 9.17) is 0 Å². The highest BCUT2D eigenvalue weighted by atomic mass is 16.6. The Balaban J connectivity index is 2.37. The van der Waals surface area contributed by atoms with Crippen LogP contribution in [0.15, 0.2) is 4.63 Å². The summed E-state index contributed by atoms with van der Waals surface area (Å²) in [6.07, 6.45) is 0. The highest BCUT2D eigenvalue weighted by Crippen LogP contribution is 2.20. The van der Waals surface area contributed by atoms with Gasteiger partial charge in [0.25, 0.3) is 0 Å². The normalized spacial score (nSPS) is 21.9. The number of hydrogen-bond acceptors (Lipinski definition) is 5. The fourth-order valence-corrected chi connectivity index (χ4v) is 0.861. The number of amides is 1. The van der Waals surface area contributed by atoms with Crippen molar-refractivity contribution in [2.75, 3.05) is 10.6 Å². The van der Waals surface area contributed by atoms with Gasteiger partial charge in [-0.05, 0) is 17.2 Å². The van der Waals surface area contributed by atoms with Crippen molar-refractivity contribution in [2.24, 2.45) is 0 Å². The SMILES string of the molecule is CC1Nc2nonc2NC1=O. The van der Waals surface area contributed by atoms with Crippen LogP contribution in [-0.2, 0) is 4.79 Å². The third kappa shape index (κ3) is 0.830. The summed E-state index contributed by atoms with van der Waals surface area (Å²) in [5.41, 5.74) is 0. The zero-order valence-electron chi connectivity index (χ0n) is 5.79. The minimum Gasteiger partial charge on any atom is -0.353 e. The molecule has 0 aliphatic carbocycles. The number of anilines is 2. The second-order valence-corrected chi connectivity index (χ2v) is 2.32. The second-order valence-electron chi connectivity index (χ2n) is 2.32. The minimum absolute atomic E-state index is 0.131. The lowest BCUT2D eigenvalue weighted by molar-refractivity contribution is -0.116. The molecule has 1 amide bonds. The number of carbonyl (C=O) groups excluding carboxylic acids is 1. The van der Waals surface area contributed by atoms with Crippen LogP contribution in [0.1, 0.15) is 6.92 Å². The first-order valence-electron chi connectivity index (χ1n) is 3.17. The zero-order valence-corrected chi connectivity index (χ0v) is 5.79. The number of nitrogens with one attached hydrogen (secondary N) is 2. The highest BCUT2D eigenvalue weighted by molar-refractivity contribution is 6.00. The molecule has 0 aromatic carbocycles. The molecule has 1 aliphatic rings. The molecule has 2 N–H and O–H groups in total.